The van der Waals surface area contributed by atoms with Crippen LogP contribution in [-0.2, 0) is 27.8 Å². The van der Waals surface area contributed by atoms with Crippen LogP contribution in [0.5, 0.6) is 11.6 Å². The lowest BCUT2D eigenvalue weighted by Crippen LogP contribution is -2.50. The van der Waals surface area contributed by atoms with E-state index in [0.29, 0.717) is 17.3 Å². The molecule has 1 aromatic heterocycles. The summed E-state index contributed by atoms with van der Waals surface area (Å²) in [6.45, 7) is 2.57. The number of amides is 1. The number of sulfonamides is 1. The van der Waals surface area contributed by atoms with Crippen LogP contribution in [-0.4, -0.2) is 49.6 Å². The highest BCUT2D eigenvalue weighted by molar-refractivity contribution is 7.92. The van der Waals surface area contributed by atoms with E-state index >= 15 is 0 Å². The number of benzene rings is 3. The van der Waals surface area contributed by atoms with E-state index in [1.54, 1.807) is 24.3 Å². The average molecular weight is 583 g/mol. The van der Waals surface area contributed by atoms with Crippen molar-refractivity contribution in [2.75, 3.05) is 29.0 Å². The van der Waals surface area contributed by atoms with Crippen molar-refractivity contribution in [3.8, 4) is 11.6 Å². The largest absolute Gasteiger partial charge is 0.439 e. The van der Waals surface area contributed by atoms with Crippen molar-refractivity contribution in [2.24, 2.45) is 0 Å². The standard InChI is InChI=1S/C33H34N4O4S/c1-42(39,40)35-26-12-14-29(15-13-26)41-32-16-11-24(22-34-32)23-36-19-17-28(18-20-36)37(27-8-3-2-4-9-27)33(38)31-21-25-7-5-6-10-30(25)31/h2-16,22,28,31,35H,17-21,23H2,1H3. The minimum Gasteiger partial charge on any atom is -0.439 e. The van der Waals surface area contributed by atoms with Gasteiger partial charge in [0.15, 0.2) is 0 Å². The first kappa shape index (κ1) is 27.9. The summed E-state index contributed by atoms with van der Waals surface area (Å²) in [5.74, 6) is 1.18. The molecule has 0 bridgehead atoms. The normalized spacial score (nSPS) is 17.1. The van der Waals surface area contributed by atoms with Crippen LogP contribution in [0.4, 0.5) is 11.4 Å². The summed E-state index contributed by atoms with van der Waals surface area (Å²) in [6, 6.07) is 29.1. The van der Waals surface area contributed by atoms with Crippen LogP contribution in [0.25, 0.3) is 0 Å². The molecule has 1 fully saturated rings. The van der Waals surface area contributed by atoms with Crippen molar-refractivity contribution in [2.45, 2.75) is 37.8 Å². The number of para-hydroxylation sites is 1. The smallest absolute Gasteiger partial charge is 0.235 e. The van der Waals surface area contributed by atoms with Gasteiger partial charge in [-0.2, -0.15) is 0 Å². The maximum absolute atomic E-state index is 13.9. The number of hydrogen-bond donors (Lipinski definition) is 1. The second-order valence-electron chi connectivity index (χ2n) is 11.0. The molecule has 2 heterocycles. The number of likely N-dealkylation sites (tertiary alicyclic amines) is 1. The number of carbonyl (C=O) groups is 1. The zero-order valence-corrected chi connectivity index (χ0v) is 24.3. The van der Waals surface area contributed by atoms with E-state index in [-0.39, 0.29) is 17.9 Å². The van der Waals surface area contributed by atoms with Crippen molar-refractivity contribution in [3.63, 3.8) is 0 Å². The van der Waals surface area contributed by atoms with Gasteiger partial charge in [-0.15, -0.1) is 0 Å². The summed E-state index contributed by atoms with van der Waals surface area (Å²) in [5, 5.41) is 0. The average Bonchev–Trinajstić information content (AvgIpc) is 2.97. The van der Waals surface area contributed by atoms with Gasteiger partial charge in [-0.3, -0.25) is 14.4 Å². The molecule has 1 amide bonds. The molecule has 1 aliphatic carbocycles. The zero-order chi connectivity index (χ0) is 29.1. The van der Waals surface area contributed by atoms with Gasteiger partial charge in [0, 0.05) is 49.3 Å². The third-order valence-corrected chi connectivity index (χ3v) is 8.54. The highest BCUT2D eigenvalue weighted by atomic mass is 32.2. The minimum absolute atomic E-state index is 0.0617. The molecule has 3 aromatic carbocycles. The molecule has 0 spiro atoms. The molecule has 0 radical (unpaired) electrons. The number of pyridine rings is 1. The summed E-state index contributed by atoms with van der Waals surface area (Å²) < 4.78 is 31.0. The molecule has 1 saturated heterocycles. The lowest BCUT2D eigenvalue weighted by atomic mass is 9.76. The number of piperidine rings is 1. The van der Waals surface area contributed by atoms with E-state index in [1.807, 2.05) is 60.8 Å². The molecule has 1 aliphatic heterocycles. The number of fused-ring (bicyclic) bond motifs is 1. The molecule has 2 aliphatic rings. The van der Waals surface area contributed by atoms with Crippen LogP contribution in [0, 0.1) is 0 Å². The van der Waals surface area contributed by atoms with E-state index in [1.165, 1.54) is 11.1 Å². The molecule has 6 rings (SSSR count). The first-order valence-electron chi connectivity index (χ1n) is 14.2. The van der Waals surface area contributed by atoms with Gasteiger partial charge in [0.25, 0.3) is 0 Å². The van der Waals surface area contributed by atoms with Crippen molar-refractivity contribution in [1.82, 2.24) is 9.88 Å². The fourth-order valence-electron chi connectivity index (χ4n) is 5.84. The number of anilines is 2. The van der Waals surface area contributed by atoms with Crippen LogP contribution in [0.2, 0.25) is 0 Å². The fraction of sp³-hybridized carbons (Fsp3) is 0.273. The van der Waals surface area contributed by atoms with Crippen LogP contribution in [0.1, 0.15) is 35.4 Å². The second kappa shape index (κ2) is 12.0. The third kappa shape index (κ3) is 6.48. The SMILES string of the molecule is CS(=O)(=O)Nc1ccc(Oc2ccc(CN3CCC(N(C(=O)C4Cc5ccccc54)c4ccccc4)CC3)cn2)cc1. The molecule has 8 nitrogen and oxygen atoms in total. The maximum atomic E-state index is 13.9. The Labute approximate surface area is 247 Å². The molecule has 1 N–H and O–H groups in total. The monoisotopic (exact) mass is 582 g/mol. The maximum Gasteiger partial charge on any atom is 0.235 e. The van der Waals surface area contributed by atoms with Gasteiger partial charge in [0.1, 0.15) is 5.75 Å². The van der Waals surface area contributed by atoms with E-state index < -0.39 is 10.0 Å². The Morgan fingerprint density at radius 3 is 2.33 bits per heavy atom. The van der Waals surface area contributed by atoms with Crippen molar-refractivity contribution >= 4 is 27.3 Å². The molecule has 9 heteroatoms. The Bertz CT molecular complexity index is 1640. The number of ether oxygens (including phenoxy) is 1. The highest BCUT2D eigenvalue weighted by Crippen LogP contribution is 2.38. The van der Waals surface area contributed by atoms with E-state index in [2.05, 4.69) is 31.6 Å². The molecule has 1 unspecified atom stereocenters. The van der Waals surface area contributed by atoms with E-state index in [0.717, 1.165) is 56.4 Å². The molecule has 216 valence electrons. The van der Waals surface area contributed by atoms with Crippen molar-refractivity contribution in [3.05, 3.63) is 114 Å². The topological polar surface area (TPSA) is 91.8 Å². The molecular weight excluding hydrogens is 548 g/mol. The van der Waals surface area contributed by atoms with Crippen molar-refractivity contribution in [1.29, 1.82) is 0 Å². The Morgan fingerprint density at radius 2 is 1.67 bits per heavy atom. The summed E-state index contributed by atoms with van der Waals surface area (Å²) in [6.07, 6.45) is 5.58. The molecule has 42 heavy (non-hydrogen) atoms. The van der Waals surface area contributed by atoms with Gasteiger partial charge in [0.2, 0.25) is 21.8 Å². The molecular formula is C33H34N4O4S. The number of nitrogens with one attached hydrogen (secondary N) is 1. The number of nitrogens with zero attached hydrogens (tertiary/aromatic N) is 3. The Kier molecular flexibility index (Phi) is 7.95. The summed E-state index contributed by atoms with van der Waals surface area (Å²) in [7, 11) is -3.33. The predicted molar refractivity (Wildman–Crippen MR) is 164 cm³/mol. The molecule has 4 aromatic rings. The highest BCUT2D eigenvalue weighted by Gasteiger charge is 2.38. The van der Waals surface area contributed by atoms with Gasteiger partial charge >= 0.3 is 0 Å². The number of rotatable bonds is 9. The van der Waals surface area contributed by atoms with Crippen LogP contribution >= 0.6 is 0 Å². The zero-order valence-electron chi connectivity index (χ0n) is 23.5. The second-order valence-corrected chi connectivity index (χ2v) is 12.8. The Balaban J connectivity index is 1.05. The quantitative estimate of drug-likeness (QED) is 0.277. The van der Waals surface area contributed by atoms with E-state index in [4.69, 9.17) is 4.74 Å². The number of aromatic nitrogens is 1. The summed E-state index contributed by atoms with van der Waals surface area (Å²) in [5.41, 5.74) is 4.99. The van der Waals surface area contributed by atoms with Crippen LogP contribution in [0.15, 0.2) is 97.2 Å². The Hall–Kier alpha value is -4.21. The molecule has 1 atom stereocenters. The fourth-order valence-corrected chi connectivity index (χ4v) is 6.40. The van der Waals surface area contributed by atoms with E-state index in [9.17, 15) is 13.2 Å². The first-order valence-corrected chi connectivity index (χ1v) is 16.1. The summed E-state index contributed by atoms with van der Waals surface area (Å²) in [4.78, 5) is 22.8. The third-order valence-electron chi connectivity index (χ3n) is 7.93. The van der Waals surface area contributed by atoms with Crippen LogP contribution < -0.4 is 14.4 Å². The summed E-state index contributed by atoms with van der Waals surface area (Å²) >= 11 is 0. The first-order chi connectivity index (χ1) is 20.3. The van der Waals surface area contributed by atoms with Crippen LogP contribution in [0.3, 0.4) is 0 Å². The van der Waals surface area contributed by atoms with Gasteiger partial charge in [-0.1, -0.05) is 48.5 Å². The number of hydrogen-bond acceptors (Lipinski definition) is 6. The van der Waals surface area contributed by atoms with Gasteiger partial charge in [-0.05, 0) is 72.4 Å². The lowest BCUT2D eigenvalue weighted by molar-refractivity contribution is -0.121. The lowest BCUT2D eigenvalue weighted by Gasteiger charge is -2.41. The van der Waals surface area contributed by atoms with Gasteiger partial charge in [-0.25, -0.2) is 13.4 Å². The predicted octanol–water partition coefficient (Wildman–Crippen LogP) is 5.58. The Morgan fingerprint density at radius 1 is 0.952 bits per heavy atom. The minimum atomic E-state index is -3.33. The van der Waals surface area contributed by atoms with Gasteiger partial charge < -0.3 is 9.64 Å². The number of carbonyl (C=O) groups excluding carboxylic acids is 1. The van der Waals surface area contributed by atoms with Crippen molar-refractivity contribution < 1.29 is 17.9 Å². The molecule has 0 saturated carbocycles. The van der Waals surface area contributed by atoms with Gasteiger partial charge in [0.05, 0.1) is 12.2 Å².